The van der Waals surface area contributed by atoms with Gasteiger partial charge in [-0.05, 0) is 43.2 Å². The summed E-state index contributed by atoms with van der Waals surface area (Å²) in [5, 5.41) is 8.23. The Kier molecular flexibility index (Phi) is 4.10. The van der Waals surface area contributed by atoms with Crippen LogP contribution in [-0.2, 0) is 12.8 Å². The third-order valence-electron chi connectivity index (χ3n) is 3.65. The number of Topliss-reactive ketones (excluding diaryl/α,β-unsaturated/α-hetero) is 1. The van der Waals surface area contributed by atoms with Crippen LogP contribution in [0.5, 0.6) is 0 Å². The SMILES string of the molecule is CC(=O)c1ccc(-n2cnnc2CCc2ccccc2)cc1. The lowest BCUT2D eigenvalue weighted by Crippen LogP contribution is -2.03. The molecule has 0 aliphatic carbocycles. The molecule has 0 bridgehead atoms. The molecule has 2 aromatic carbocycles. The molecule has 0 aliphatic heterocycles. The summed E-state index contributed by atoms with van der Waals surface area (Å²) in [5.74, 6) is 0.985. The lowest BCUT2D eigenvalue weighted by Gasteiger charge is -2.07. The van der Waals surface area contributed by atoms with Gasteiger partial charge in [0.15, 0.2) is 5.78 Å². The summed E-state index contributed by atoms with van der Waals surface area (Å²) in [4.78, 5) is 11.3. The van der Waals surface area contributed by atoms with Crippen LogP contribution < -0.4 is 0 Å². The van der Waals surface area contributed by atoms with Crippen LogP contribution >= 0.6 is 0 Å². The number of hydrogen-bond donors (Lipinski definition) is 0. The van der Waals surface area contributed by atoms with Gasteiger partial charge in [0.25, 0.3) is 0 Å². The van der Waals surface area contributed by atoms with Crippen molar-refractivity contribution in [1.82, 2.24) is 14.8 Å². The number of ketones is 1. The molecule has 0 N–H and O–H groups in total. The van der Waals surface area contributed by atoms with Crippen LogP contribution in [0.2, 0.25) is 0 Å². The van der Waals surface area contributed by atoms with Crippen molar-refractivity contribution in [3.63, 3.8) is 0 Å². The van der Waals surface area contributed by atoms with E-state index in [1.807, 2.05) is 47.0 Å². The fourth-order valence-electron chi connectivity index (χ4n) is 2.40. The monoisotopic (exact) mass is 291 g/mol. The van der Waals surface area contributed by atoms with E-state index in [1.54, 1.807) is 13.3 Å². The molecule has 110 valence electrons. The average Bonchev–Trinajstić information content (AvgIpc) is 3.02. The molecule has 3 rings (SSSR count). The quantitative estimate of drug-likeness (QED) is 0.678. The summed E-state index contributed by atoms with van der Waals surface area (Å²) in [6, 6.07) is 17.8. The van der Waals surface area contributed by atoms with Gasteiger partial charge in [-0.1, -0.05) is 30.3 Å². The van der Waals surface area contributed by atoms with Crippen molar-refractivity contribution in [3.05, 3.63) is 77.9 Å². The lowest BCUT2D eigenvalue weighted by atomic mass is 10.1. The second-order valence-electron chi connectivity index (χ2n) is 5.21. The molecule has 3 aromatic rings. The smallest absolute Gasteiger partial charge is 0.159 e. The predicted molar refractivity (Wildman–Crippen MR) is 85.2 cm³/mol. The van der Waals surface area contributed by atoms with Gasteiger partial charge in [-0.3, -0.25) is 9.36 Å². The van der Waals surface area contributed by atoms with E-state index in [0.29, 0.717) is 5.56 Å². The first-order valence-corrected chi connectivity index (χ1v) is 7.28. The van der Waals surface area contributed by atoms with Crippen molar-refractivity contribution >= 4 is 5.78 Å². The van der Waals surface area contributed by atoms with E-state index in [4.69, 9.17) is 0 Å². The van der Waals surface area contributed by atoms with Gasteiger partial charge in [0, 0.05) is 17.7 Å². The highest BCUT2D eigenvalue weighted by Gasteiger charge is 2.07. The van der Waals surface area contributed by atoms with Crippen molar-refractivity contribution in [2.24, 2.45) is 0 Å². The minimum Gasteiger partial charge on any atom is -0.295 e. The molecule has 0 aliphatic rings. The maximum Gasteiger partial charge on any atom is 0.159 e. The Hall–Kier alpha value is -2.75. The molecular formula is C18H17N3O. The fraction of sp³-hybridized carbons (Fsp3) is 0.167. The van der Waals surface area contributed by atoms with Gasteiger partial charge in [0.05, 0.1) is 0 Å². The minimum absolute atomic E-state index is 0.0691. The maximum atomic E-state index is 11.3. The molecule has 0 spiro atoms. The van der Waals surface area contributed by atoms with Gasteiger partial charge in [0.1, 0.15) is 12.2 Å². The molecule has 4 nitrogen and oxygen atoms in total. The molecule has 1 aromatic heterocycles. The number of carbonyl (C=O) groups excluding carboxylic acids is 1. The molecule has 0 unspecified atom stereocenters. The van der Waals surface area contributed by atoms with Gasteiger partial charge in [-0.25, -0.2) is 0 Å². The number of carbonyl (C=O) groups is 1. The van der Waals surface area contributed by atoms with E-state index in [-0.39, 0.29) is 5.78 Å². The molecule has 0 amide bonds. The van der Waals surface area contributed by atoms with E-state index in [2.05, 4.69) is 22.3 Å². The second-order valence-corrected chi connectivity index (χ2v) is 5.21. The Bertz CT molecular complexity index is 761. The first-order chi connectivity index (χ1) is 10.7. The highest BCUT2D eigenvalue weighted by molar-refractivity contribution is 5.94. The molecule has 0 atom stereocenters. The molecule has 4 heteroatoms. The third kappa shape index (κ3) is 3.11. The van der Waals surface area contributed by atoms with E-state index >= 15 is 0 Å². The number of rotatable bonds is 5. The van der Waals surface area contributed by atoms with E-state index in [1.165, 1.54) is 5.56 Å². The second kappa shape index (κ2) is 6.35. The molecule has 0 radical (unpaired) electrons. The van der Waals surface area contributed by atoms with Gasteiger partial charge in [0.2, 0.25) is 0 Å². The summed E-state index contributed by atoms with van der Waals surface area (Å²) in [6.45, 7) is 1.57. The minimum atomic E-state index is 0.0691. The Morgan fingerprint density at radius 3 is 2.41 bits per heavy atom. The van der Waals surface area contributed by atoms with E-state index in [0.717, 1.165) is 24.4 Å². The van der Waals surface area contributed by atoms with Crippen LogP contribution in [0.3, 0.4) is 0 Å². The van der Waals surface area contributed by atoms with Crippen LogP contribution in [0, 0.1) is 0 Å². The zero-order chi connectivity index (χ0) is 15.4. The van der Waals surface area contributed by atoms with Crippen LogP contribution in [0.25, 0.3) is 5.69 Å². The molecule has 0 fully saturated rings. The standard InChI is InChI=1S/C18H17N3O/c1-14(22)16-8-10-17(11-9-16)21-13-19-20-18(21)12-7-15-5-3-2-4-6-15/h2-6,8-11,13H,7,12H2,1H3. The van der Waals surface area contributed by atoms with Gasteiger partial charge in [-0.2, -0.15) is 0 Å². The van der Waals surface area contributed by atoms with Gasteiger partial charge >= 0.3 is 0 Å². The van der Waals surface area contributed by atoms with E-state index < -0.39 is 0 Å². The van der Waals surface area contributed by atoms with Crippen molar-refractivity contribution in [1.29, 1.82) is 0 Å². The Balaban J connectivity index is 1.78. The van der Waals surface area contributed by atoms with E-state index in [9.17, 15) is 4.79 Å². The van der Waals surface area contributed by atoms with Crippen LogP contribution in [-0.4, -0.2) is 20.5 Å². The molecule has 22 heavy (non-hydrogen) atoms. The van der Waals surface area contributed by atoms with Gasteiger partial charge in [-0.15, -0.1) is 10.2 Å². The van der Waals surface area contributed by atoms with Crippen molar-refractivity contribution in [3.8, 4) is 5.69 Å². The third-order valence-corrected chi connectivity index (χ3v) is 3.65. The largest absolute Gasteiger partial charge is 0.295 e. The highest BCUT2D eigenvalue weighted by atomic mass is 16.1. The highest BCUT2D eigenvalue weighted by Crippen LogP contribution is 2.13. The normalized spacial score (nSPS) is 10.6. The van der Waals surface area contributed by atoms with Crippen molar-refractivity contribution in [2.75, 3.05) is 0 Å². The predicted octanol–water partition coefficient (Wildman–Crippen LogP) is 3.26. The summed E-state index contributed by atoms with van der Waals surface area (Å²) in [6.07, 6.45) is 3.45. The number of aromatic nitrogens is 3. The van der Waals surface area contributed by atoms with Gasteiger partial charge < -0.3 is 0 Å². The first kappa shape index (κ1) is 14.2. The summed E-state index contributed by atoms with van der Waals surface area (Å²) >= 11 is 0. The Morgan fingerprint density at radius 2 is 1.73 bits per heavy atom. The van der Waals surface area contributed by atoms with Crippen molar-refractivity contribution < 1.29 is 4.79 Å². The first-order valence-electron chi connectivity index (χ1n) is 7.28. The summed E-state index contributed by atoms with van der Waals surface area (Å²) in [7, 11) is 0. The maximum absolute atomic E-state index is 11.3. The zero-order valence-corrected chi connectivity index (χ0v) is 12.4. The molecule has 0 saturated carbocycles. The van der Waals surface area contributed by atoms with Crippen molar-refractivity contribution in [2.45, 2.75) is 19.8 Å². The Morgan fingerprint density at radius 1 is 1.00 bits per heavy atom. The zero-order valence-electron chi connectivity index (χ0n) is 12.4. The fourth-order valence-corrected chi connectivity index (χ4v) is 2.40. The molecular weight excluding hydrogens is 274 g/mol. The average molecular weight is 291 g/mol. The number of nitrogens with zero attached hydrogens (tertiary/aromatic N) is 3. The van der Waals surface area contributed by atoms with Crippen LogP contribution in [0.4, 0.5) is 0 Å². The van der Waals surface area contributed by atoms with Crippen LogP contribution in [0.15, 0.2) is 60.9 Å². The topological polar surface area (TPSA) is 47.8 Å². The number of hydrogen-bond acceptors (Lipinski definition) is 3. The Labute approximate surface area is 129 Å². The number of benzene rings is 2. The lowest BCUT2D eigenvalue weighted by molar-refractivity contribution is 0.101. The molecule has 0 saturated heterocycles. The summed E-state index contributed by atoms with van der Waals surface area (Å²) < 4.78 is 1.97. The van der Waals surface area contributed by atoms with Crippen LogP contribution in [0.1, 0.15) is 28.7 Å². The summed E-state index contributed by atoms with van der Waals surface area (Å²) in [5.41, 5.74) is 2.96. The number of aryl methyl sites for hydroxylation is 2. The molecule has 1 heterocycles.